The van der Waals surface area contributed by atoms with Gasteiger partial charge in [0.2, 0.25) is 0 Å². The maximum Gasteiger partial charge on any atom is 0.338 e. The first kappa shape index (κ1) is 21.6. The highest BCUT2D eigenvalue weighted by atomic mass is 32.2. The summed E-state index contributed by atoms with van der Waals surface area (Å²) in [5, 5.41) is 2.74. The molecule has 8 nitrogen and oxygen atoms in total. The van der Waals surface area contributed by atoms with E-state index in [0.29, 0.717) is 18.0 Å². The van der Waals surface area contributed by atoms with Gasteiger partial charge in [-0.1, -0.05) is 19.1 Å². The first-order chi connectivity index (χ1) is 14.4. The average molecular weight is 432 g/mol. The minimum absolute atomic E-state index is 0.0000297. The quantitative estimate of drug-likeness (QED) is 0.674. The van der Waals surface area contributed by atoms with Gasteiger partial charge in [-0.05, 0) is 49.7 Å². The second kappa shape index (κ2) is 9.17. The second-order valence-corrected chi connectivity index (χ2v) is 8.51. The van der Waals surface area contributed by atoms with Crippen LogP contribution in [0.2, 0.25) is 0 Å². The largest absolute Gasteiger partial charge is 0.476 e. The molecule has 1 N–H and O–H groups in total. The molecular weight excluding hydrogens is 408 g/mol. The minimum atomic E-state index is -4.00. The number of nitrogens with zero attached hydrogens (tertiary/aromatic N) is 1. The fourth-order valence-electron chi connectivity index (χ4n) is 3.03. The Labute approximate surface area is 175 Å². The number of anilines is 1. The summed E-state index contributed by atoms with van der Waals surface area (Å²) < 4.78 is 38.6. The first-order valence-electron chi connectivity index (χ1n) is 9.71. The Morgan fingerprint density at radius 1 is 1.13 bits per heavy atom. The Morgan fingerprint density at radius 3 is 2.50 bits per heavy atom. The Hall–Kier alpha value is -3.07. The number of esters is 1. The van der Waals surface area contributed by atoms with Gasteiger partial charge < -0.3 is 14.8 Å². The van der Waals surface area contributed by atoms with Gasteiger partial charge in [-0.2, -0.15) is 0 Å². The van der Waals surface area contributed by atoms with E-state index < -0.39 is 22.1 Å². The number of ether oxygens (including phenoxy) is 2. The number of carbonyl (C=O) groups is 2. The number of rotatable bonds is 7. The predicted molar refractivity (Wildman–Crippen MR) is 111 cm³/mol. The molecule has 0 radical (unpaired) electrons. The zero-order valence-corrected chi connectivity index (χ0v) is 17.6. The third-order valence-electron chi connectivity index (χ3n) is 4.53. The smallest absolute Gasteiger partial charge is 0.338 e. The van der Waals surface area contributed by atoms with Crippen molar-refractivity contribution >= 4 is 27.6 Å². The van der Waals surface area contributed by atoms with Crippen LogP contribution in [-0.4, -0.2) is 46.1 Å². The number of benzene rings is 2. The Kier molecular flexibility index (Phi) is 6.61. The van der Waals surface area contributed by atoms with Crippen molar-refractivity contribution in [1.29, 1.82) is 0 Å². The number of nitrogens with one attached hydrogen (secondary N) is 1. The van der Waals surface area contributed by atoms with Crippen LogP contribution in [0, 0.1) is 0 Å². The van der Waals surface area contributed by atoms with Crippen LogP contribution in [0.4, 0.5) is 5.69 Å². The lowest BCUT2D eigenvalue weighted by Crippen LogP contribution is -2.50. The number of carbonyl (C=O) groups excluding carboxylic acids is 2. The van der Waals surface area contributed by atoms with Gasteiger partial charge in [0, 0.05) is 6.54 Å². The van der Waals surface area contributed by atoms with Crippen LogP contribution < -0.4 is 14.4 Å². The molecule has 0 saturated carbocycles. The molecule has 160 valence electrons. The number of fused-ring (bicyclic) bond motifs is 1. The van der Waals surface area contributed by atoms with Gasteiger partial charge in [0.05, 0.1) is 29.3 Å². The second-order valence-electron chi connectivity index (χ2n) is 6.65. The summed E-state index contributed by atoms with van der Waals surface area (Å²) in [5.41, 5.74) is 0.613. The van der Waals surface area contributed by atoms with E-state index in [2.05, 4.69) is 5.32 Å². The molecule has 0 unspecified atom stereocenters. The molecule has 1 aliphatic rings. The summed E-state index contributed by atoms with van der Waals surface area (Å²) in [7, 11) is -4.00. The number of sulfonamides is 1. The van der Waals surface area contributed by atoms with Gasteiger partial charge >= 0.3 is 5.97 Å². The summed E-state index contributed by atoms with van der Waals surface area (Å²) in [6.45, 7) is 4.16. The van der Waals surface area contributed by atoms with Crippen molar-refractivity contribution < 1.29 is 27.5 Å². The fraction of sp³-hybridized carbons (Fsp3) is 0.333. The summed E-state index contributed by atoms with van der Waals surface area (Å²) in [4.78, 5) is 24.3. The van der Waals surface area contributed by atoms with Crippen molar-refractivity contribution in [2.75, 3.05) is 24.0 Å². The molecule has 2 aromatic carbocycles. The monoisotopic (exact) mass is 432 g/mol. The molecular formula is C21H24N2O6S. The molecule has 0 spiro atoms. The third kappa shape index (κ3) is 4.40. The molecule has 0 bridgehead atoms. The topological polar surface area (TPSA) is 102 Å². The number of hydrogen-bond donors (Lipinski definition) is 1. The van der Waals surface area contributed by atoms with Gasteiger partial charge in [0.1, 0.15) is 5.75 Å². The van der Waals surface area contributed by atoms with Gasteiger partial charge in [0.15, 0.2) is 6.10 Å². The van der Waals surface area contributed by atoms with E-state index in [4.69, 9.17) is 9.47 Å². The van der Waals surface area contributed by atoms with Crippen molar-refractivity contribution in [1.82, 2.24) is 5.32 Å². The van der Waals surface area contributed by atoms with Gasteiger partial charge in [-0.3, -0.25) is 9.10 Å². The first-order valence-corrected chi connectivity index (χ1v) is 11.2. The van der Waals surface area contributed by atoms with Crippen molar-refractivity contribution in [3.05, 3.63) is 54.1 Å². The van der Waals surface area contributed by atoms with E-state index >= 15 is 0 Å². The number of hydrogen-bond acceptors (Lipinski definition) is 6. The van der Waals surface area contributed by atoms with Crippen LogP contribution in [0.3, 0.4) is 0 Å². The molecule has 0 saturated heterocycles. The highest BCUT2D eigenvalue weighted by molar-refractivity contribution is 7.92. The molecule has 1 heterocycles. The Bertz CT molecular complexity index is 1020. The molecule has 3 rings (SSSR count). The normalized spacial score (nSPS) is 15.7. The zero-order valence-electron chi connectivity index (χ0n) is 16.8. The molecule has 2 aromatic rings. The van der Waals surface area contributed by atoms with Gasteiger partial charge in [0.25, 0.3) is 15.9 Å². The summed E-state index contributed by atoms with van der Waals surface area (Å²) >= 11 is 0. The molecule has 0 aromatic heterocycles. The van der Waals surface area contributed by atoms with E-state index in [0.717, 1.165) is 6.42 Å². The van der Waals surface area contributed by atoms with E-state index in [1.54, 1.807) is 31.2 Å². The molecule has 0 fully saturated rings. The van der Waals surface area contributed by atoms with Gasteiger partial charge in [-0.25, -0.2) is 13.2 Å². The van der Waals surface area contributed by atoms with Crippen molar-refractivity contribution in [3.63, 3.8) is 0 Å². The van der Waals surface area contributed by atoms with Crippen LogP contribution in [-0.2, 0) is 19.6 Å². The summed E-state index contributed by atoms with van der Waals surface area (Å²) in [5.74, 6) is -0.581. The number of para-hydroxylation sites is 2. The molecule has 0 aliphatic carbocycles. The van der Waals surface area contributed by atoms with Crippen LogP contribution in [0.5, 0.6) is 5.75 Å². The van der Waals surface area contributed by atoms with Crippen LogP contribution >= 0.6 is 0 Å². The van der Waals surface area contributed by atoms with E-state index in [1.165, 1.54) is 28.6 Å². The Balaban J connectivity index is 1.93. The predicted octanol–water partition coefficient (Wildman–Crippen LogP) is 2.35. The molecule has 9 heteroatoms. The lowest BCUT2D eigenvalue weighted by molar-refractivity contribution is -0.127. The zero-order chi connectivity index (χ0) is 21.7. The fourth-order valence-corrected chi connectivity index (χ4v) is 4.51. The molecule has 1 atom stereocenters. The summed E-state index contributed by atoms with van der Waals surface area (Å²) in [6, 6.07) is 12.2. The van der Waals surface area contributed by atoms with Crippen LogP contribution in [0.25, 0.3) is 0 Å². The third-order valence-corrected chi connectivity index (χ3v) is 6.32. The maximum atomic E-state index is 13.4. The summed E-state index contributed by atoms with van der Waals surface area (Å²) in [6.07, 6.45) is -0.218. The molecule has 30 heavy (non-hydrogen) atoms. The van der Waals surface area contributed by atoms with Crippen LogP contribution in [0.15, 0.2) is 53.4 Å². The van der Waals surface area contributed by atoms with Gasteiger partial charge in [-0.15, -0.1) is 0 Å². The Morgan fingerprint density at radius 2 is 1.83 bits per heavy atom. The van der Waals surface area contributed by atoms with E-state index in [-0.39, 0.29) is 29.5 Å². The van der Waals surface area contributed by atoms with E-state index in [1.807, 2.05) is 6.92 Å². The maximum absolute atomic E-state index is 13.4. The lowest BCUT2D eigenvalue weighted by Gasteiger charge is -2.34. The van der Waals surface area contributed by atoms with Crippen molar-refractivity contribution in [2.24, 2.45) is 0 Å². The SMILES string of the molecule is CCCNC(=O)[C@@H]1CN(S(=O)(=O)c2ccc(C(=O)OCC)cc2)c2ccccc2O1. The van der Waals surface area contributed by atoms with E-state index in [9.17, 15) is 18.0 Å². The van der Waals surface area contributed by atoms with Crippen molar-refractivity contribution in [2.45, 2.75) is 31.3 Å². The lowest BCUT2D eigenvalue weighted by atomic mass is 10.2. The van der Waals surface area contributed by atoms with Crippen molar-refractivity contribution in [3.8, 4) is 5.75 Å². The number of amides is 1. The highest BCUT2D eigenvalue weighted by Gasteiger charge is 2.37. The van der Waals surface area contributed by atoms with Crippen LogP contribution in [0.1, 0.15) is 30.6 Å². The minimum Gasteiger partial charge on any atom is -0.476 e. The standard InChI is InChI=1S/C21H24N2O6S/c1-3-13-22-20(24)19-14-23(17-7-5-6-8-18(17)29-19)30(26,27)16-11-9-15(10-12-16)21(25)28-4-2/h5-12,19H,3-4,13-14H2,1-2H3,(H,22,24)/t19-/m0/s1. The highest BCUT2D eigenvalue weighted by Crippen LogP contribution is 2.36. The molecule has 1 aliphatic heterocycles. The molecule has 1 amide bonds. The average Bonchev–Trinajstić information content (AvgIpc) is 2.76.